The summed E-state index contributed by atoms with van der Waals surface area (Å²) in [6, 6.07) is 8.90. The number of nitrogens with zero attached hydrogens (tertiary/aromatic N) is 2. The standard InChI is InChI=1S/C17H29N3O/c1-15-14-19(2)10-3-11-20(15)12-13-21-17-6-4-16(5-7-17)8-9-18/h4-7,15H,3,8-14,18H2,1-2H3. The first kappa shape index (κ1) is 16.3. The molecule has 1 aliphatic rings. The van der Waals surface area contributed by atoms with Crippen molar-refractivity contribution in [2.45, 2.75) is 25.8 Å². The van der Waals surface area contributed by atoms with Crippen molar-refractivity contribution < 1.29 is 4.74 Å². The third-order valence-electron chi connectivity index (χ3n) is 4.19. The molecular weight excluding hydrogens is 262 g/mol. The maximum atomic E-state index is 5.87. The summed E-state index contributed by atoms with van der Waals surface area (Å²) in [4.78, 5) is 4.95. The van der Waals surface area contributed by atoms with Crippen molar-refractivity contribution in [1.82, 2.24) is 9.80 Å². The largest absolute Gasteiger partial charge is 0.492 e. The number of hydrogen-bond donors (Lipinski definition) is 1. The first-order valence-electron chi connectivity index (χ1n) is 8.03. The highest BCUT2D eigenvalue weighted by molar-refractivity contribution is 5.27. The minimum atomic E-state index is 0.605. The molecule has 0 radical (unpaired) electrons. The van der Waals surface area contributed by atoms with Gasteiger partial charge in [-0.2, -0.15) is 0 Å². The second kappa shape index (κ2) is 8.37. The summed E-state index contributed by atoms with van der Waals surface area (Å²) in [7, 11) is 2.21. The fraction of sp³-hybridized carbons (Fsp3) is 0.647. The maximum absolute atomic E-state index is 5.87. The van der Waals surface area contributed by atoms with Gasteiger partial charge in [0.05, 0.1) is 0 Å². The van der Waals surface area contributed by atoms with Crippen molar-refractivity contribution in [3.63, 3.8) is 0 Å². The summed E-state index contributed by atoms with van der Waals surface area (Å²) in [5, 5.41) is 0. The Morgan fingerprint density at radius 2 is 2.00 bits per heavy atom. The van der Waals surface area contributed by atoms with E-state index in [-0.39, 0.29) is 0 Å². The van der Waals surface area contributed by atoms with Crippen molar-refractivity contribution in [2.24, 2.45) is 5.73 Å². The van der Waals surface area contributed by atoms with Gasteiger partial charge in [-0.25, -0.2) is 0 Å². The molecule has 118 valence electrons. The third-order valence-corrected chi connectivity index (χ3v) is 4.19. The summed E-state index contributed by atoms with van der Waals surface area (Å²) in [6.07, 6.45) is 2.17. The van der Waals surface area contributed by atoms with Crippen LogP contribution in [-0.4, -0.2) is 62.2 Å². The van der Waals surface area contributed by atoms with Crippen LogP contribution in [0.15, 0.2) is 24.3 Å². The lowest BCUT2D eigenvalue weighted by Gasteiger charge is -2.27. The zero-order chi connectivity index (χ0) is 15.1. The van der Waals surface area contributed by atoms with E-state index in [0.717, 1.165) is 31.9 Å². The molecule has 0 amide bonds. The first-order chi connectivity index (χ1) is 10.2. The van der Waals surface area contributed by atoms with Gasteiger partial charge in [-0.05, 0) is 64.1 Å². The van der Waals surface area contributed by atoms with E-state index in [2.05, 4.69) is 35.9 Å². The fourth-order valence-corrected chi connectivity index (χ4v) is 2.95. The molecule has 1 saturated heterocycles. The minimum absolute atomic E-state index is 0.605. The van der Waals surface area contributed by atoms with E-state index in [4.69, 9.17) is 10.5 Å². The van der Waals surface area contributed by atoms with Gasteiger partial charge in [-0.3, -0.25) is 4.90 Å². The molecule has 21 heavy (non-hydrogen) atoms. The van der Waals surface area contributed by atoms with Crippen LogP contribution in [0.25, 0.3) is 0 Å². The zero-order valence-electron chi connectivity index (χ0n) is 13.4. The minimum Gasteiger partial charge on any atom is -0.492 e. The van der Waals surface area contributed by atoms with E-state index in [9.17, 15) is 0 Å². The van der Waals surface area contributed by atoms with Crippen LogP contribution in [0.5, 0.6) is 5.75 Å². The summed E-state index contributed by atoms with van der Waals surface area (Å²) < 4.78 is 5.87. The van der Waals surface area contributed by atoms with E-state index in [1.54, 1.807) is 0 Å². The smallest absolute Gasteiger partial charge is 0.119 e. The predicted molar refractivity (Wildman–Crippen MR) is 87.8 cm³/mol. The Balaban J connectivity index is 1.75. The highest BCUT2D eigenvalue weighted by Crippen LogP contribution is 2.13. The number of rotatable bonds is 6. The van der Waals surface area contributed by atoms with Crippen LogP contribution in [0.4, 0.5) is 0 Å². The lowest BCUT2D eigenvalue weighted by Crippen LogP contribution is -2.40. The van der Waals surface area contributed by atoms with Crippen molar-refractivity contribution in [2.75, 3.05) is 46.4 Å². The van der Waals surface area contributed by atoms with Crippen molar-refractivity contribution >= 4 is 0 Å². The fourth-order valence-electron chi connectivity index (χ4n) is 2.95. The molecular formula is C17H29N3O. The van der Waals surface area contributed by atoms with E-state index in [1.165, 1.54) is 25.1 Å². The van der Waals surface area contributed by atoms with Gasteiger partial charge in [-0.15, -0.1) is 0 Å². The number of nitrogens with two attached hydrogens (primary N) is 1. The predicted octanol–water partition coefficient (Wildman–Crippen LogP) is 1.59. The van der Waals surface area contributed by atoms with Gasteiger partial charge < -0.3 is 15.4 Å². The van der Waals surface area contributed by atoms with Crippen LogP contribution < -0.4 is 10.5 Å². The Morgan fingerprint density at radius 3 is 2.71 bits per heavy atom. The van der Waals surface area contributed by atoms with Gasteiger partial charge in [-0.1, -0.05) is 12.1 Å². The van der Waals surface area contributed by atoms with Crippen LogP contribution >= 0.6 is 0 Å². The number of ether oxygens (including phenoxy) is 1. The van der Waals surface area contributed by atoms with Crippen LogP contribution in [-0.2, 0) is 6.42 Å². The maximum Gasteiger partial charge on any atom is 0.119 e. The zero-order valence-corrected chi connectivity index (χ0v) is 13.4. The van der Waals surface area contributed by atoms with Crippen LogP contribution in [0, 0.1) is 0 Å². The molecule has 0 aromatic heterocycles. The summed E-state index contributed by atoms with van der Waals surface area (Å²) in [6.45, 7) is 8.27. The topological polar surface area (TPSA) is 41.7 Å². The van der Waals surface area contributed by atoms with E-state index >= 15 is 0 Å². The Labute approximate surface area is 128 Å². The summed E-state index contributed by atoms with van der Waals surface area (Å²) >= 11 is 0. The quantitative estimate of drug-likeness (QED) is 0.864. The first-order valence-corrected chi connectivity index (χ1v) is 8.03. The molecule has 4 heteroatoms. The van der Waals surface area contributed by atoms with E-state index in [0.29, 0.717) is 12.6 Å². The molecule has 0 spiro atoms. The molecule has 0 bridgehead atoms. The van der Waals surface area contributed by atoms with Gasteiger partial charge in [0.1, 0.15) is 12.4 Å². The van der Waals surface area contributed by atoms with Gasteiger partial charge in [0.15, 0.2) is 0 Å². The normalized spacial score (nSPS) is 21.2. The van der Waals surface area contributed by atoms with Crippen LogP contribution in [0.1, 0.15) is 18.9 Å². The van der Waals surface area contributed by atoms with Crippen molar-refractivity contribution in [3.8, 4) is 5.75 Å². The monoisotopic (exact) mass is 291 g/mol. The molecule has 1 heterocycles. The van der Waals surface area contributed by atoms with E-state index < -0.39 is 0 Å². The molecule has 1 atom stereocenters. The van der Waals surface area contributed by atoms with Crippen LogP contribution in [0.2, 0.25) is 0 Å². The number of hydrogen-bond acceptors (Lipinski definition) is 4. The number of likely N-dealkylation sites (N-methyl/N-ethyl adjacent to an activating group) is 1. The molecule has 4 nitrogen and oxygen atoms in total. The molecule has 1 fully saturated rings. The lowest BCUT2D eigenvalue weighted by molar-refractivity contribution is 0.166. The molecule has 1 aromatic carbocycles. The highest BCUT2D eigenvalue weighted by atomic mass is 16.5. The molecule has 2 N–H and O–H groups in total. The van der Waals surface area contributed by atoms with Crippen LogP contribution in [0.3, 0.4) is 0 Å². The van der Waals surface area contributed by atoms with Crippen molar-refractivity contribution in [3.05, 3.63) is 29.8 Å². The molecule has 0 saturated carbocycles. The lowest BCUT2D eigenvalue weighted by atomic mass is 10.1. The second-order valence-electron chi connectivity index (χ2n) is 6.03. The SMILES string of the molecule is CC1CN(C)CCCN1CCOc1ccc(CCN)cc1. The van der Waals surface area contributed by atoms with Gasteiger partial charge in [0.25, 0.3) is 0 Å². The van der Waals surface area contributed by atoms with E-state index in [1.807, 2.05) is 12.1 Å². The van der Waals surface area contributed by atoms with Gasteiger partial charge in [0.2, 0.25) is 0 Å². The van der Waals surface area contributed by atoms with Gasteiger partial charge in [0, 0.05) is 19.1 Å². The molecule has 1 unspecified atom stereocenters. The Morgan fingerprint density at radius 1 is 1.24 bits per heavy atom. The van der Waals surface area contributed by atoms with Crippen molar-refractivity contribution in [1.29, 1.82) is 0 Å². The summed E-state index contributed by atoms with van der Waals surface area (Å²) in [5.74, 6) is 0.954. The summed E-state index contributed by atoms with van der Waals surface area (Å²) in [5.41, 5.74) is 6.83. The average Bonchev–Trinajstić information content (AvgIpc) is 2.62. The Kier molecular flexibility index (Phi) is 6.49. The third kappa shape index (κ3) is 5.30. The molecule has 0 aliphatic carbocycles. The Hall–Kier alpha value is -1.10. The van der Waals surface area contributed by atoms with Gasteiger partial charge >= 0.3 is 0 Å². The second-order valence-corrected chi connectivity index (χ2v) is 6.03. The number of benzene rings is 1. The Bertz CT molecular complexity index is 407. The molecule has 1 aliphatic heterocycles. The molecule has 1 aromatic rings. The molecule has 2 rings (SSSR count). The highest BCUT2D eigenvalue weighted by Gasteiger charge is 2.18. The average molecular weight is 291 g/mol.